The van der Waals surface area contributed by atoms with Crippen LogP contribution in [0.15, 0.2) is 18.3 Å². The van der Waals surface area contributed by atoms with E-state index in [0.717, 1.165) is 12.2 Å². The number of rotatable bonds is 7. The quantitative estimate of drug-likeness (QED) is 0.645. The van der Waals surface area contributed by atoms with Crippen molar-refractivity contribution in [3.63, 3.8) is 0 Å². The van der Waals surface area contributed by atoms with Crippen molar-refractivity contribution in [2.75, 3.05) is 31.8 Å². The fourth-order valence-electron chi connectivity index (χ4n) is 2.06. The first-order valence-corrected chi connectivity index (χ1v) is 8.52. The van der Waals surface area contributed by atoms with Crippen LogP contribution in [0, 0.1) is 0 Å². The third kappa shape index (κ3) is 4.92. The van der Waals surface area contributed by atoms with Crippen LogP contribution >= 0.6 is 0 Å². The van der Waals surface area contributed by atoms with E-state index >= 15 is 0 Å². The molecule has 0 spiro atoms. The second kappa shape index (κ2) is 7.17. The molecule has 1 aliphatic heterocycles. The van der Waals surface area contributed by atoms with Gasteiger partial charge in [-0.3, -0.25) is 4.98 Å². The number of aliphatic hydroxyl groups is 1. The van der Waals surface area contributed by atoms with Crippen molar-refractivity contribution in [2.24, 2.45) is 0 Å². The highest BCUT2D eigenvalue weighted by Crippen LogP contribution is 2.19. The number of methoxy groups -OCH3 is 1. The topological polar surface area (TPSA) is 97.8 Å². The van der Waals surface area contributed by atoms with E-state index in [-0.39, 0.29) is 11.5 Å². The van der Waals surface area contributed by atoms with Gasteiger partial charge in [0.15, 0.2) is 9.84 Å². The summed E-state index contributed by atoms with van der Waals surface area (Å²) in [5.41, 5.74) is 0.845. The Morgan fingerprint density at radius 2 is 2.24 bits per heavy atom. The Morgan fingerprint density at radius 1 is 1.43 bits per heavy atom. The van der Waals surface area contributed by atoms with Gasteiger partial charge in [0.2, 0.25) is 0 Å². The van der Waals surface area contributed by atoms with E-state index < -0.39 is 22.0 Å². The van der Waals surface area contributed by atoms with Crippen molar-refractivity contribution >= 4 is 9.84 Å². The van der Waals surface area contributed by atoms with Gasteiger partial charge in [0.05, 0.1) is 30.0 Å². The Morgan fingerprint density at radius 3 is 2.81 bits per heavy atom. The summed E-state index contributed by atoms with van der Waals surface area (Å²) in [5, 5.41) is 12.8. The van der Waals surface area contributed by atoms with Gasteiger partial charge in [-0.25, -0.2) is 8.42 Å². The normalized spacial score (nSPS) is 24.1. The highest BCUT2D eigenvalue weighted by molar-refractivity contribution is 7.91. The first kappa shape index (κ1) is 16.2. The molecule has 2 N–H and O–H groups in total. The van der Waals surface area contributed by atoms with Gasteiger partial charge in [-0.05, 0) is 12.1 Å². The number of nitrogens with zero attached hydrogens (tertiary/aromatic N) is 1. The fraction of sp³-hybridized carbons (Fsp3) is 0.615. The van der Waals surface area contributed by atoms with Crippen molar-refractivity contribution < 1.29 is 23.0 Å². The molecular formula is C13H20N2O5S. The van der Waals surface area contributed by atoms with Crippen LogP contribution in [0.3, 0.4) is 0 Å². The van der Waals surface area contributed by atoms with E-state index in [9.17, 15) is 13.5 Å². The second-order valence-corrected chi connectivity index (χ2v) is 7.11. The Labute approximate surface area is 124 Å². The molecule has 2 heterocycles. The van der Waals surface area contributed by atoms with Crippen LogP contribution in [0.25, 0.3) is 0 Å². The van der Waals surface area contributed by atoms with E-state index in [1.54, 1.807) is 19.2 Å². The molecular weight excluding hydrogens is 296 g/mol. The van der Waals surface area contributed by atoms with Gasteiger partial charge in [-0.15, -0.1) is 0 Å². The van der Waals surface area contributed by atoms with Crippen molar-refractivity contribution in [3.8, 4) is 5.75 Å². The zero-order chi connectivity index (χ0) is 15.3. The lowest BCUT2D eigenvalue weighted by Gasteiger charge is -2.15. The first-order valence-electron chi connectivity index (χ1n) is 6.70. The van der Waals surface area contributed by atoms with Crippen LogP contribution in [0.2, 0.25) is 0 Å². The number of hydrogen-bond acceptors (Lipinski definition) is 7. The maximum atomic E-state index is 11.4. The van der Waals surface area contributed by atoms with Gasteiger partial charge in [-0.2, -0.15) is 0 Å². The zero-order valence-corrected chi connectivity index (χ0v) is 12.7. The zero-order valence-electron chi connectivity index (χ0n) is 11.9. The molecule has 7 nitrogen and oxygen atoms in total. The minimum Gasteiger partial charge on any atom is -0.485 e. The number of pyridine rings is 1. The summed E-state index contributed by atoms with van der Waals surface area (Å²) >= 11 is 0. The maximum Gasteiger partial charge on any atom is 0.156 e. The fourth-order valence-corrected chi connectivity index (χ4v) is 3.72. The standard InChI is InChI=1S/C13H20N2O5S/c1-19-5-4-14-6-10-2-3-11(7-15-10)20-13-9-21(17,18)8-12(13)16/h2-3,7,12-14,16H,4-6,8-9H2,1H3. The molecule has 1 saturated heterocycles. The number of aliphatic hydroxyl groups excluding tert-OH is 1. The Kier molecular flexibility index (Phi) is 5.51. The summed E-state index contributed by atoms with van der Waals surface area (Å²) < 4.78 is 33.2. The largest absolute Gasteiger partial charge is 0.485 e. The highest BCUT2D eigenvalue weighted by Gasteiger charge is 2.38. The molecule has 2 unspecified atom stereocenters. The van der Waals surface area contributed by atoms with E-state index in [1.807, 2.05) is 0 Å². The van der Waals surface area contributed by atoms with E-state index in [0.29, 0.717) is 18.9 Å². The highest BCUT2D eigenvalue weighted by atomic mass is 32.2. The van der Waals surface area contributed by atoms with Gasteiger partial charge in [0, 0.05) is 20.2 Å². The van der Waals surface area contributed by atoms with Crippen LogP contribution in [0.4, 0.5) is 0 Å². The smallest absolute Gasteiger partial charge is 0.156 e. The third-order valence-electron chi connectivity index (χ3n) is 3.15. The lowest BCUT2D eigenvalue weighted by Crippen LogP contribution is -2.29. The van der Waals surface area contributed by atoms with E-state index in [1.165, 1.54) is 6.20 Å². The monoisotopic (exact) mass is 316 g/mol. The molecule has 21 heavy (non-hydrogen) atoms. The maximum absolute atomic E-state index is 11.4. The minimum absolute atomic E-state index is 0.158. The van der Waals surface area contributed by atoms with Crippen molar-refractivity contribution in [1.29, 1.82) is 0 Å². The SMILES string of the molecule is COCCNCc1ccc(OC2CS(=O)(=O)CC2O)cn1. The second-order valence-electron chi connectivity index (χ2n) is 4.96. The predicted molar refractivity (Wildman–Crippen MR) is 76.9 cm³/mol. The van der Waals surface area contributed by atoms with Crippen molar-refractivity contribution in [3.05, 3.63) is 24.0 Å². The lowest BCUT2D eigenvalue weighted by atomic mass is 10.2. The summed E-state index contributed by atoms with van der Waals surface area (Å²) in [7, 11) is -1.57. The third-order valence-corrected chi connectivity index (χ3v) is 4.83. The lowest BCUT2D eigenvalue weighted by molar-refractivity contribution is 0.0735. The first-order chi connectivity index (χ1) is 10.00. The number of hydrogen-bond donors (Lipinski definition) is 2. The van der Waals surface area contributed by atoms with Crippen LogP contribution in [-0.2, 0) is 21.1 Å². The summed E-state index contributed by atoms with van der Waals surface area (Å²) in [6.07, 6.45) is -0.168. The molecule has 0 aliphatic carbocycles. The van der Waals surface area contributed by atoms with E-state index in [4.69, 9.17) is 9.47 Å². The molecule has 1 aromatic rings. The molecule has 0 bridgehead atoms. The summed E-state index contributed by atoms with van der Waals surface area (Å²) in [6, 6.07) is 3.52. The minimum atomic E-state index is -3.21. The number of sulfone groups is 1. The molecule has 118 valence electrons. The molecule has 0 radical (unpaired) electrons. The van der Waals surface area contributed by atoms with Gasteiger partial charge in [-0.1, -0.05) is 0 Å². The van der Waals surface area contributed by atoms with Gasteiger partial charge < -0.3 is 19.9 Å². The summed E-state index contributed by atoms with van der Waals surface area (Å²) in [5.74, 6) is 0.0537. The van der Waals surface area contributed by atoms with Crippen LogP contribution in [0.1, 0.15) is 5.69 Å². The van der Waals surface area contributed by atoms with Crippen molar-refractivity contribution in [2.45, 2.75) is 18.8 Å². The summed E-state index contributed by atoms with van der Waals surface area (Å²) in [6.45, 7) is 1.99. The molecule has 1 aliphatic rings. The molecule has 1 fully saturated rings. The molecule has 8 heteroatoms. The number of ether oxygens (including phenoxy) is 2. The van der Waals surface area contributed by atoms with E-state index in [2.05, 4.69) is 10.3 Å². The Hall–Kier alpha value is -1.22. The van der Waals surface area contributed by atoms with Gasteiger partial charge >= 0.3 is 0 Å². The van der Waals surface area contributed by atoms with Crippen molar-refractivity contribution in [1.82, 2.24) is 10.3 Å². The average Bonchev–Trinajstić information content (AvgIpc) is 2.69. The molecule has 2 rings (SSSR count). The molecule has 0 aromatic carbocycles. The van der Waals surface area contributed by atoms with Crippen LogP contribution < -0.4 is 10.1 Å². The number of aromatic nitrogens is 1. The molecule has 1 aromatic heterocycles. The summed E-state index contributed by atoms with van der Waals surface area (Å²) in [4.78, 5) is 4.22. The predicted octanol–water partition coefficient (Wildman–Crippen LogP) is -0.646. The number of nitrogens with one attached hydrogen (secondary N) is 1. The Bertz CT molecular complexity index is 546. The van der Waals surface area contributed by atoms with Gasteiger partial charge in [0.25, 0.3) is 0 Å². The van der Waals surface area contributed by atoms with Crippen LogP contribution in [0.5, 0.6) is 5.75 Å². The van der Waals surface area contributed by atoms with Crippen LogP contribution in [-0.4, -0.2) is 62.5 Å². The van der Waals surface area contributed by atoms with Gasteiger partial charge in [0.1, 0.15) is 18.0 Å². The molecule has 0 amide bonds. The molecule has 0 saturated carbocycles. The molecule has 2 atom stereocenters. The average molecular weight is 316 g/mol. The Balaban J connectivity index is 1.85.